The number of piperazine rings is 1. The first-order valence-corrected chi connectivity index (χ1v) is 8.76. The molecular formula is C16H20N4O3S. The second-order valence-electron chi connectivity index (χ2n) is 5.91. The zero-order valence-corrected chi connectivity index (χ0v) is 14.4. The Bertz CT molecular complexity index is 817. The minimum Gasteiger partial charge on any atom is -0.339 e. The van der Waals surface area contributed by atoms with E-state index in [9.17, 15) is 14.4 Å². The average Bonchev–Trinajstić information content (AvgIpc) is 3.09. The summed E-state index contributed by atoms with van der Waals surface area (Å²) < 4.78 is 2.29. The number of amides is 1. The molecular weight excluding hydrogens is 328 g/mol. The third-order valence-corrected chi connectivity index (χ3v) is 5.01. The minimum atomic E-state index is -0.466. The van der Waals surface area contributed by atoms with E-state index in [2.05, 4.69) is 21.7 Å². The minimum absolute atomic E-state index is 0.0303. The molecule has 2 aromatic heterocycles. The Balaban J connectivity index is 1.57. The maximum absolute atomic E-state index is 12.4. The van der Waals surface area contributed by atoms with Crippen LogP contribution in [0.15, 0.2) is 38.7 Å². The van der Waals surface area contributed by atoms with E-state index in [1.807, 2.05) is 0 Å². The van der Waals surface area contributed by atoms with Crippen molar-refractivity contribution in [1.82, 2.24) is 18.9 Å². The smallest absolute Gasteiger partial charge is 0.331 e. The third kappa shape index (κ3) is 3.65. The average molecular weight is 348 g/mol. The number of thiophene rings is 1. The molecule has 0 N–H and O–H groups in total. The first kappa shape index (κ1) is 16.7. The van der Waals surface area contributed by atoms with Gasteiger partial charge in [-0.1, -0.05) is 0 Å². The molecule has 1 aliphatic heterocycles. The molecule has 1 aliphatic rings. The van der Waals surface area contributed by atoms with Gasteiger partial charge in [-0.2, -0.15) is 11.3 Å². The van der Waals surface area contributed by atoms with Crippen molar-refractivity contribution in [2.75, 3.05) is 26.2 Å². The van der Waals surface area contributed by atoms with Gasteiger partial charge in [0, 0.05) is 52.0 Å². The number of hydrogen-bond acceptors (Lipinski definition) is 5. The molecule has 1 amide bonds. The predicted molar refractivity (Wildman–Crippen MR) is 92.1 cm³/mol. The summed E-state index contributed by atoms with van der Waals surface area (Å²) in [6.45, 7) is 3.84. The summed E-state index contributed by atoms with van der Waals surface area (Å²) in [6, 6.07) is 3.42. The molecule has 0 radical (unpaired) electrons. The zero-order valence-electron chi connectivity index (χ0n) is 13.6. The molecule has 24 heavy (non-hydrogen) atoms. The largest absolute Gasteiger partial charge is 0.339 e. The van der Waals surface area contributed by atoms with Gasteiger partial charge in [0.05, 0.1) is 0 Å². The van der Waals surface area contributed by atoms with Crippen LogP contribution in [-0.4, -0.2) is 51.0 Å². The molecule has 0 unspecified atom stereocenters. The standard InChI is InChI=1S/C16H20N4O3S/c1-17-14(21)2-4-20(16(17)23)11-15(22)19-7-5-18(6-8-19)10-13-3-9-24-12-13/h2-4,9,12H,5-8,10-11H2,1H3. The molecule has 7 nitrogen and oxygen atoms in total. The Hall–Kier alpha value is -2.19. The number of rotatable bonds is 4. The maximum atomic E-state index is 12.4. The quantitative estimate of drug-likeness (QED) is 0.777. The Kier molecular flexibility index (Phi) is 4.96. The summed E-state index contributed by atoms with van der Waals surface area (Å²) in [7, 11) is 1.41. The Labute approximate surface area is 143 Å². The van der Waals surface area contributed by atoms with Crippen molar-refractivity contribution in [1.29, 1.82) is 0 Å². The topological polar surface area (TPSA) is 67.6 Å². The van der Waals surface area contributed by atoms with Crippen molar-refractivity contribution in [3.8, 4) is 0 Å². The lowest BCUT2D eigenvalue weighted by Gasteiger charge is -2.34. The molecule has 0 atom stereocenters. The number of hydrogen-bond donors (Lipinski definition) is 0. The van der Waals surface area contributed by atoms with E-state index in [1.54, 1.807) is 16.2 Å². The van der Waals surface area contributed by atoms with E-state index < -0.39 is 5.69 Å². The van der Waals surface area contributed by atoms with Crippen molar-refractivity contribution in [2.24, 2.45) is 7.05 Å². The fourth-order valence-electron chi connectivity index (χ4n) is 2.78. The van der Waals surface area contributed by atoms with Gasteiger partial charge in [0.1, 0.15) is 6.54 Å². The lowest BCUT2D eigenvalue weighted by molar-refractivity contribution is -0.133. The Morgan fingerprint density at radius 1 is 1.17 bits per heavy atom. The molecule has 128 valence electrons. The molecule has 0 saturated carbocycles. The normalized spacial score (nSPS) is 15.6. The van der Waals surface area contributed by atoms with Crippen LogP contribution in [0, 0.1) is 0 Å². The van der Waals surface area contributed by atoms with E-state index in [1.165, 1.54) is 29.4 Å². The van der Waals surface area contributed by atoms with E-state index in [-0.39, 0.29) is 18.0 Å². The molecule has 2 aromatic rings. The fourth-order valence-corrected chi connectivity index (χ4v) is 3.44. The summed E-state index contributed by atoms with van der Waals surface area (Å²) in [5.74, 6) is -0.0917. The summed E-state index contributed by atoms with van der Waals surface area (Å²) in [6.07, 6.45) is 1.38. The van der Waals surface area contributed by atoms with Gasteiger partial charge >= 0.3 is 5.69 Å². The van der Waals surface area contributed by atoms with E-state index >= 15 is 0 Å². The van der Waals surface area contributed by atoms with Crippen LogP contribution < -0.4 is 11.2 Å². The van der Waals surface area contributed by atoms with Crippen LogP contribution >= 0.6 is 11.3 Å². The van der Waals surface area contributed by atoms with E-state index in [4.69, 9.17) is 0 Å². The lowest BCUT2D eigenvalue weighted by atomic mass is 10.2. The Morgan fingerprint density at radius 2 is 1.92 bits per heavy atom. The van der Waals surface area contributed by atoms with Crippen molar-refractivity contribution in [3.05, 3.63) is 55.5 Å². The summed E-state index contributed by atoms with van der Waals surface area (Å²) >= 11 is 1.69. The summed E-state index contributed by atoms with van der Waals surface area (Å²) in [5.41, 5.74) is 0.467. The van der Waals surface area contributed by atoms with Gasteiger partial charge in [-0.3, -0.25) is 23.6 Å². The molecule has 3 heterocycles. The fraction of sp³-hybridized carbons (Fsp3) is 0.438. The van der Waals surface area contributed by atoms with Gasteiger partial charge < -0.3 is 4.90 Å². The van der Waals surface area contributed by atoms with Crippen molar-refractivity contribution in [3.63, 3.8) is 0 Å². The van der Waals surface area contributed by atoms with Gasteiger partial charge in [0.15, 0.2) is 0 Å². The van der Waals surface area contributed by atoms with Crippen LogP contribution in [0.1, 0.15) is 5.56 Å². The number of nitrogens with zero attached hydrogens (tertiary/aromatic N) is 4. The first-order chi connectivity index (χ1) is 11.5. The van der Waals surface area contributed by atoms with Crippen LogP contribution in [0.2, 0.25) is 0 Å². The van der Waals surface area contributed by atoms with E-state index in [0.29, 0.717) is 13.1 Å². The highest BCUT2D eigenvalue weighted by Crippen LogP contribution is 2.11. The molecule has 1 saturated heterocycles. The SMILES string of the molecule is Cn1c(=O)ccn(CC(=O)N2CCN(Cc3ccsc3)CC2)c1=O. The predicted octanol–water partition coefficient (Wildman–Crippen LogP) is -0.0471. The van der Waals surface area contributed by atoms with Gasteiger partial charge in [-0.15, -0.1) is 0 Å². The van der Waals surface area contributed by atoms with E-state index in [0.717, 1.165) is 24.2 Å². The van der Waals surface area contributed by atoms with Crippen LogP contribution in [0.4, 0.5) is 0 Å². The number of aromatic nitrogens is 2. The van der Waals surface area contributed by atoms with Crippen molar-refractivity contribution >= 4 is 17.2 Å². The first-order valence-electron chi connectivity index (χ1n) is 7.82. The van der Waals surface area contributed by atoms with Crippen molar-refractivity contribution < 1.29 is 4.79 Å². The van der Waals surface area contributed by atoms with Crippen LogP contribution in [0.3, 0.4) is 0 Å². The van der Waals surface area contributed by atoms with Gasteiger partial charge in [0.25, 0.3) is 5.56 Å². The number of carbonyl (C=O) groups excluding carboxylic acids is 1. The van der Waals surface area contributed by atoms with Crippen molar-refractivity contribution in [2.45, 2.75) is 13.1 Å². The molecule has 8 heteroatoms. The number of carbonyl (C=O) groups is 1. The van der Waals surface area contributed by atoms with Gasteiger partial charge in [-0.05, 0) is 22.4 Å². The highest BCUT2D eigenvalue weighted by atomic mass is 32.1. The van der Waals surface area contributed by atoms with Gasteiger partial charge in [0.2, 0.25) is 5.91 Å². The highest BCUT2D eigenvalue weighted by Gasteiger charge is 2.21. The second-order valence-corrected chi connectivity index (χ2v) is 6.69. The second kappa shape index (κ2) is 7.14. The summed E-state index contributed by atoms with van der Waals surface area (Å²) in [4.78, 5) is 39.9. The third-order valence-electron chi connectivity index (χ3n) is 4.28. The van der Waals surface area contributed by atoms with Gasteiger partial charge in [-0.25, -0.2) is 4.79 Å². The monoisotopic (exact) mass is 348 g/mol. The molecule has 3 rings (SSSR count). The molecule has 0 aliphatic carbocycles. The lowest BCUT2D eigenvalue weighted by Crippen LogP contribution is -2.50. The molecule has 0 spiro atoms. The molecule has 0 aromatic carbocycles. The molecule has 0 bridgehead atoms. The summed E-state index contributed by atoms with van der Waals surface area (Å²) in [5, 5.41) is 4.21. The highest BCUT2D eigenvalue weighted by molar-refractivity contribution is 7.07. The molecule has 1 fully saturated rings. The Morgan fingerprint density at radius 3 is 2.58 bits per heavy atom. The van der Waals surface area contributed by atoms with Crippen LogP contribution in [-0.2, 0) is 24.9 Å². The zero-order chi connectivity index (χ0) is 17.1. The van der Waals surface area contributed by atoms with Crippen LogP contribution in [0.25, 0.3) is 0 Å². The maximum Gasteiger partial charge on any atom is 0.331 e. The van der Waals surface area contributed by atoms with Crippen LogP contribution in [0.5, 0.6) is 0 Å².